The second-order valence-electron chi connectivity index (χ2n) is 6.70. The van der Waals surface area contributed by atoms with E-state index >= 15 is 0 Å². The molecule has 0 spiro atoms. The van der Waals surface area contributed by atoms with Crippen molar-refractivity contribution in [2.75, 3.05) is 13.7 Å². The molecule has 0 saturated heterocycles. The van der Waals surface area contributed by atoms with Gasteiger partial charge in [0.25, 0.3) is 0 Å². The zero-order valence-corrected chi connectivity index (χ0v) is 14.9. The Morgan fingerprint density at radius 3 is 2.71 bits per heavy atom. The highest BCUT2D eigenvalue weighted by Gasteiger charge is 2.41. The predicted octanol–water partition coefficient (Wildman–Crippen LogP) is 4.77. The normalized spacial score (nSPS) is 23.2. The van der Waals surface area contributed by atoms with Gasteiger partial charge in [0.05, 0.1) is 19.6 Å². The van der Waals surface area contributed by atoms with Crippen LogP contribution >= 0.6 is 0 Å². The highest BCUT2D eigenvalue weighted by Crippen LogP contribution is 2.41. The molecule has 1 aromatic carbocycles. The molecule has 0 bridgehead atoms. The third-order valence-electron chi connectivity index (χ3n) is 4.99. The summed E-state index contributed by atoms with van der Waals surface area (Å²) >= 11 is 0. The lowest BCUT2D eigenvalue weighted by Crippen LogP contribution is -2.39. The smallest absolute Gasteiger partial charge is 0.308 e. The molecule has 24 heavy (non-hydrogen) atoms. The zero-order chi connectivity index (χ0) is 17.2. The third-order valence-corrected chi connectivity index (χ3v) is 4.99. The van der Waals surface area contributed by atoms with Crippen molar-refractivity contribution in [1.82, 2.24) is 0 Å². The van der Waals surface area contributed by atoms with Crippen LogP contribution in [0.25, 0.3) is 0 Å². The van der Waals surface area contributed by atoms with Gasteiger partial charge in [-0.25, -0.2) is 0 Å². The molecule has 1 saturated carbocycles. The van der Waals surface area contributed by atoms with Crippen LogP contribution in [-0.2, 0) is 20.9 Å². The number of carbonyl (C=O) groups is 1. The average Bonchev–Trinajstić information content (AvgIpc) is 2.62. The van der Waals surface area contributed by atoms with Crippen molar-refractivity contribution >= 4 is 5.97 Å². The van der Waals surface area contributed by atoms with E-state index in [0.29, 0.717) is 18.4 Å². The van der Waals surface area contributed by atoms with E-state index in [9.17, 15) is 4.79 Å². The van der Waals surface area contributed by atoms with Crippen LogP contribution in [0.15, 0.2) is 42.5 Å². The minimum absolute atomic E-state index is 0.0531. The Kier molecular flexibility index (Phi) is 8.03. The number of carbonyl (C=O) groups excluding carboxylic acids is 1. The Morgan fingerprint density at radius 2 is 2.00 bits per heavy atom. The van der Waals surface area contributed by atoms with Gasteiger partial charge in [-0.2, -0.15) is 0 Å². The maximum absolute atomic E-state index is 11.5. The average molecular weight is 330 g/mol. The molecule has 0 heterocycles. The molecule has 1 aromatic rings. The van der Waals surface area contributed by atoms with Crippen molar-refractivity contribution in [3.8, 4) is 0 Å². The molecule has 0 N–H and O–H groups in total. The molecule has 2 rings (SSSR count). The van der Waals surface area contributed by atoms with Crippen molar-refractivity contribution in [3.05, 3.63) is 48.0 Å². The monoisotopic (exact) mass is 330 g/mol. The Bertz CT molecular complexity index is 509. The first-order chi connectivity index (χ1) is 11.7. The third kappa shape index (κ3) is 5.79. The largest absolute Gasteiger partial charge is 0.469 e. The number of rotatable bonds is 10. The first kappa shape index (κ1) is 18.7. The molecular formula is C21H30O3. The van der Waals surface area contributed by atoms with Gasteiger partial charge in [-0.15, -0.1) is 0 Å². The second-order valence-corrected chi connectivity index (χ2v) is 6.70. The highest BCUT2D eigenvalue weighted by molar-refractivity contribution is 5.73. The maximum atomic E-state index is 11.5. The van der Waals surface area contributed by atoms with Gasteiger partial charge in [0.2, 0.25) is 0 Å². The van der Waals surface area contributed by atoms with E-state index in [-0.39, 0.29) is 11.9 Å². The number of esters is 1. The predicted molar refractivity (Wildman–Crippen MR) is 96.5 cm³/mol. The van der Waals surface area contributed by atoms with Gasteiger partial charge in [-0.1, -0.05) is 55.8 Å². The molecule has 0 amide bonds. The summed E-state index contributed by atoms with van der Waals surface area (Å²) in [6.07, 6.45) is 10.1. The molecule has 0 radical (unpaired) electrons. The molecule has 0 aromatic heterocycles. The Balaban J connectivity index is 1.45. The van der Waals surface area contributed by atoms with Crippen LogP contribution in [0.3, 0.4) is 0 Å². The van der Waals surface area contributed by atoms with E-state index in [0.717, 1.165) is 25.9 Å². The van der Waals surface area contributed by atoms with Gasteiger partial charge < -0.3 is 9.47 Å². The minimum Gasteiger partial charge on any atom is -0.469 e. The van der Waals surface area contributed by atoms with Crippen molar-refractivity contribution in [2.45, 2.75) is 45.6 Å². The Hall–Kier alpha value is -1.61. The molecule has 3 heteroatoms. The first-order valence-corrected chi connectivity index (χ1v) is 9.08. The fourth-order valence-electron chi connectivity index (χ4n) is 3.22. The van der Waals surface area contributed by atoms with Crippen molar-refractivity contribution in [2.24, 2.45) is 17.8 Å². The van der Waals surface area contributed by atoms with Gasteiger partial charge in [0.15, 0.2) is 0 Å². The summed E-state index contributed by atoms with van der Waals surface area (Å²) in [6.45, 7) is 3.69. The molecule has 1 fully saturated rings. The molecule has 3 unspecified atom stereocenters. The lowest BCUT2D eigenvalue weighted by molar-refractivity contribution is -0.153. The molecular weight excluding hydrogens is 300 g/mol. The maximum Gasteiger partial charge on any atom is 0.308 e. The standard InChI is InChI=1S/C21H30O3/c1-17-19(15-20(17)21(22)23-2)13-9-4-3-5-10-14-24-16-18-11-7-6-8-12-18/h6-9,11-13,17,19-20H,3-5,10,14-16H2,1-2H3/b13-9+. The number of allylic oxidation sites excluding steroid dienone is 2. The number of benzene rings is 1. The Morgan fingerprint density at radius 1 is 1.21 bits per heavy atom. The fourth-order valence-corrected chi connectivity index (χ4v) is 3.22. The summed E-state index contributed by atoms with van der Waals surface area (Å²) in [6, 6.07) is 10.3. The first-order valence-electron chi connectivity index (χ1n) is 9.08. The number of ether oxygens (including phenoxy) is 2. The summed E-state index contributed by atoms with van der Waals surface area (Å²) in [4.78, 5) is 11.5. The number of unbranched alkanes of at least 4 members (excludes halogenated alkanes) is 3. The molecule has 1 aliphatic rings. The van der Waals surface area contributed by atoms with Crippen LogP contribution in [-0.4, -0.2) is 19.7 Å². The van der Waals surface area contributed by atoms with Crippen LogP contribution in [0.1, 0.15) is 44.6 Å². The van der Waals surface area contributed by atoms with Crippen LogP contribution in [0.2, 0.25) is 0 Å². The lowest BCUT2D eigenvalue weighted by atomic mass is 9.65. The molecule has 3 atom stereocenters. The van der Waals surface area contributed by atoms with Gasteiger partial charge in [0, 0.05) is 6.61 Å². The molecule has 3 nitrogen and oxygen atoms in total. The quantitative estimate of drug-likeness (QED) is 0.352. The van der Waals surface area contributed by atoms with Crippen LogP contribution < -0.4 is 0 Å². The van der Waals surface area contributed by atoms with Gasteiger partial charge in [0.1, 0.15) is 0 Å². The van der Waals surface area contributed by atoms with E-state index in [1.807, 2.05) is 18.2 Å². The molecule has 0 aliphatic heterocycles. The highest BCUT2D eigenvalue weighted by atomic mass is 16.5. The molecule has 132 valence electrons. The Labute approximate surface area is 146 Å². The van der Waals surface area contributed by atoms with E-state index < -0.39 is 0 Å². The zero-order valence-electron chi connectivity index (χ0n) is 14.9. The summed E-state index contributed by atoms with van der Waals surface area (Å²) in [5, 5.41) is 0. The van der Waals surface area contributed by atoms with Crippen molar-refractivity contribution < 1.29 is 14.3 Å². The number of methoxy groups -OCH3 is 1. The van der Waals surface area contributed by atoms with E-state index in [1.54, 1.807) is 0 Å². The summed E-state index contributed by atoms with van der Waals surface area (Å²) < 4.78 is 10.5. The van der Waals surface area contributed by atoms with Gasteiger partial charge in [-0.05, 0) is 43.1 Å². The van der Waals surface area contributed by atoms with Crippen molar-refractivity contribution in [3.63, 3.8) is 0 Å². The van der Waals surface area contributed by atoms with Gasteiger partial charge >= 0.3 is 5.97 Å². The minimum atomic E-state index is -0.0531. The fraction of sp³-hybridized carbons (Fsp3) is 0.571. The van der Waals surface area contributed by atoms with Crippen molar-refractivity contribution in [1.29, 1.82) is 0 Å². The number of hydrogen-bond donors (Lipinski definition) is 0. The SMILES string of the molecule is COC(=O)C1CC(/C=C/CCCCCOCc2ccccc2)C1C. The number of hydrogen-bond acceptors (Lipinski definition) is 3. The van der Waals surface area contributed by atoms with E-state index in [4.69, 9.17) is 9.47 Å². The van der Waals surface area contributed by atoms with Gasteiger partial charge in [-0.3, -0.25) is 4.79 Å². The summed E-state index contributed by atoms with van der Waals surface area (Å²) in [7, 11) is 1.47. The van der Waals surface area contributed by atoms with Crippen LogP contribution in [0, 0.1) is 17.8 Å². The summed E-state index contributed by atoms with van der Waals surface area (Å²) in [5.41, 5.74) is 1.24. The molecule has 1 aliphatic carbocycles. The lowest BCUT2D eigenvalue weighted by Gasteiger charge is -2.39. The topological polar surface area (TPSA) is 35.5 Å². The van der Waals surface area contributed by atoms with Crippen LogP contribution in [0.5, 0.6) is 0 Å². The van der Waals surface area contributed by atoms with E-state index in [1.165, 1.54) is 25.5 Å². The summed E-state index contributed by atoms with van der Waals surface area (Å²) in [5.74, 6) is 1.01. The second kappa shape index (κ2) is 10.3. The van der Waals surface area contributed by atoms with Crippen LogP contribution in [0.4, 0.5) is 0 Å². The van der Waals surface area contributed by atoms with E-state index in [2.05, 4.69) is 31.2 Å².